The van der Waals surface area contributed by atoms with Gasteiger partial charge in [0, 0.05) is 32.0 Å². The summed E-state index contributed by atoms with van der Waals surface area (Å²) in [6.45, 7) is 5.14. The number of aromatic nitrogens is 2. The first-order valence-corrected chi connectivity index (χ1v) is 15.3. The van der Waals surface area contributed by atoms with Gasteiger partial charge < -0.3 is 15.0 Å². The molecule has 0 bridgehead atoms. The van der Waals surface area contributed by atoms with Crippen LogP contribution < -0.4 is 0 Å². The third-order valence-electron chi connectivity index (χ3n) is 9.87. The lowest BCUT2D eigenvalue weighted by Crippen LogP contribution is -2.46. The molecule has 0 amide bonds. The van der Waals surface area contributed by atoms with Gasteiger partial charge in [-0.05, 0) is 80.6 Å². The van der Waals surface area contributed by atoms with Gasteiger partial charge in [-0.2, -0.15) is 0 Å². The number of nitrogens with one attached hydrogen (secondary N) is 1. The summed E-state index contributed by atoms with van der Waals surface area (Å²) in [4.78, 5) is 25.8. The normalized spacial score (nSPS) is 24.8. The molecule has 1 aromatic heterocycles. The van der Waals surface area contributed by atoms with Gasteiger partial charge in [-0.25, -0.2) is 4.98 Å². The van der Waals surface area contributed by atoms with Crippen LogP contribution in [-0.2, 0) is 11.2 Å². The quantitative estimate of drug-likeness (QED) is 0.359. The number of aryl methyl sites for hydroxylation is 1. The predicted molar refractivity (Wildman–Crippen MR) is 156 cm³/mol. The van der Waals surface area contributed by atoms with Crippen LogP contribution in [0, 0.1) is 17.8 Å². The average Bonchev–Trinajstić information content (AvgIpc) is 3.57. The Kier molecular flexibility index (Phi) is 8.31. The van der Waals surface area contributed by atoms with E-state index in [-0.39, 0.29) is 6.04 Å². The van der Waals surface area contributed by atoms with Crippen LogP contribution in [0.2, 0.25) is 0 Å². The lowest BCUT2D eigenvalue weighted by atomic mass is 9.83. The molecule has 3 aliphatic rings. The number of piperidine rings is 1. The highest BCUT2D eigenvalue weighted by molar-refractivity contribution is 5.75. The monoisotopic (exact) mass is 528 g/mol. The van der Waals surface area contributed by atoms with Gasteiger partial charge in [-0.1, -0.05) is 61.7 Å². The fourth-order valence-electron chi connectivity index (χ4n) is 7.75. The van der Waals surface area contributed by atoms with Crippen LogP contribution in [-0.4, -0.2) is 69.6 Å². The largest absolute Gasteiger partial charge is 0.480 e. The van der Waals surface area contributed by atoms with Crippen molar-refractivity contribution in [3.8, 4) is 0 Å². The van der Waals surface area contributed by atoms with E-state index < -0.39 is 5.97 Å². The molecule has 3 atom stereocenters. The van der Waals surface area contributed by atoms with Crippen molar-refractivity contribution < 1.29 is 9.90 Å². The lowest BCUT2D eigenvalue weighted by molar-refractivity contribution is -0.145. The molecule has 6 heteroatoms. The zero-order valence-corrected chi connectivity index (χ0v) is 23.2. The maximum absolute atomic E-state index is 12.5. The second-order valence-corrected chi connectivity index (χ2v) is 12.4. The van der Waals surface area contributed by atoms with Gasteiger partial charge in [0.25, 0.3) is 0 Å². The van der Waals surface area contributed by atoms with Crippen LogP contribution in [0.15, 0.2) is 54.6 Å². The van der Waals surface area contributed by atoms with Crippen LogP contribution in [0.5, 0.6) is 0 Å². The van der Waals surface area contributed by atoms with Gasteiger partial charge in [0.15, 0.2) is 0 Å². The molecule has 1 saturated carbocycles. The number of aliphatic carboxylic acids is 1. The Bertz CT molecular complexity index is 1180. The molecule has 3 heterocycles. The minimum Gasteiger partial charge on any atom is -0.480 e. The van der Waals surface area contributed by atoms with Gasteiger partial charge in [0.2, 0.25) is 0 Å². The van der Waals surface area contributed by atoms with Crippen LogP contribution in [0.4, 0.5) is 0 Å². The van der Waals surface area contributed by atoms with Crippen molar-refractivity contribution in [1.29, 1.82) is 0 Å². The molecule has 2 N–H and O–H groups in total. The predicted octanol–water partition coefficient (Wildman–Crippen LogP) is 5.96. The number of carboxylic acids is 1. The molecular formula is C33H44N4O2. The number of para-hydroxylation sites is 2. The average molecular weight is 529 g/mol. The highest BCUT2D eigenvalue weighted by atomic mass is 16.4. The number of imidazole rings is 1. The number of hydrogen-bond acceptors (Lipinski definition) is 4. The molecule has 3 fully saturated rings. The molecule has 2 aromatic carbocycles. The highest BCUT2D eigenvalue weighted by Gasteiger charge is 2.43. The second-order valence-electron chi connectivity index (χ2n) is 12.4. The summed E-state index contributed by atoms with van der Waals surface area (Å²) in [5.74, 6) is 2.43. The Morgan fingerprint density at radius 1 is 0.949 bits per heavy atom. The highest BCUT2D eigenvalue weighted by Crippen LogP contribution is 2.38. The van der Waals surface area contributed by atoms with Crippen LogP contribution in [0.25, 0.3) is 11.0 Å². The number of rotatable bonds is 9. The number of carboxylic acid groups (broad SMARTS) is 1. The van der Waals surface area contributed by atoms with E-state index in [0.29, 0.717) is 17.8 Å². The number of carbonyl (C=O) groups is 1. The summed E-state index contributed by atoms with van der Waals surface area (Å²) in [6, 6.07) is 18.8. The first-order valence-electron chi connectivity index (χ1n) is 15.3. The van der Waals surface area contributed by atoms with E-state index in [2.05, 4.69) is 63.3 Å². The van der Waals surface area contributed by atoms with Gasteiger partial charge in [0.05, 0.1) is 11.0 Å². The van der Waals surface area contributed by atoms with E-state index in [0.717, 1.165) is 74.8 Å². The number of benzene rings is 2. The minimum atomic E-state index is -0.611. The molecule has 2 aliphatic heterocycles. The summed E-state index contributed by atoms with van der Waals surface area (Å²) < 4.78 is 0. The standard InChI is InChI=1S/C33H44N4O2/c38-33(39)32(26-11-5-2-6-12-26)37-22-27(28(23-37)25-9-3-1-4-10-25)21-36-19-17-24(18-20-36)15-16-31-34-29-13-7-8-14-30(29)35-31/h1,3-4,7-10,13-14,24,26-28,32H,2,5-6,11-12,15-23H2,(H,34,35)(H,38,39)/t27-,28+,32+/m0/s1. The Balaban J connectivity index is 1.07. The van der Waals surface area contributed by atoms with Crippen molar-refractivity contribution in [3.63, 3.8) is 0 Å². The molecule has 0 spiro atoms. The summed E-state index contributed by atoms with van der Waals surface area (Å²) in [5, 5.41) is 10.3. The zero-order valence-electron chi connectivity index (χ0n) is 23.2. The van der Waals surface area contributed by atoms with E-state index in [4.69, 9.17) is 4.98 Å². The molecule has 0 radical (unpaired) electrons. The van der Waals surface area contributed by atoms with Gasteiger partial charge in [-0.15, -0.1) is 0 Å². The topological polar surface area (TPSA) is 72.5 Å². The summed E-state index contributed by atoms with van der Waals surface area (Å²) in [5.41, 5.74) is 3.57. The van der Waals surface area contributed by atoms with E-state index in [1.54, 1.807) is 0 Å². The fourth-order valence-corrected chi connectivity index (χ4v) is 7.75. The number of H-pyrrole nitrogens is 1. The summed E-state index contributed by atoms with van der Waals surface area (Å²) >= 11 is 0. The molecule has 1 aliphatic carbocycles. The molecule has 208 valence electrons. The fraction of sp³-hybridized carbons (Fsp3) is 0.576. The summed E-state index contributed by atoms with van der Waals surface area (Å²) in [6.07, 6.45) is 10.4. The Morgan fingerprint density at radius 2 is 1.69 bits per heavy atom. The van der Waals surface area contributed by atoms with Crippen LogP contribution >= 0.6 is 0 Å². The van der Waals surface area contributed by atoms with E-state index in [9.17, 15) is 9.90 Å². The Labute approximate surface area is 232 Å². The second kappa shape index (κ2) is 12.2. The third-order valence-corrected chi connectivity index (χ3v) is 9.87. The van der Waals surface area contributed by atoms with Crippen molar-refractivity contribution in [2.45, 2.75) is 69.7 Å². The maximum Gasteiger partial charge on any atom is 0.321 e. The first-order chi connectivity index (χ1) is 19.1. The first kappa shape index (κ1) is 26.5. The molecule has 6 rings (SSSR count). The minimum absolute atomic E-state index is 0.300. The SMILES string of the molecule is O=C(O)[C@@H](C1CCCCC1)N1C[C@H](CN2CCC(CCc3nc4ccccc4[nH]3)CC2)[C@@H](c2ccccc2)C1. The molecular weight excluding hydrogens is 484 g/mol. The number of fused-ring (bicyclic) bond motifs is 1. The number of hydrogen-bond donors (Lipinski definition) is 2. The van der Waals surface area contributed by atoms with Gasteiger partial charge in [-0.3, -0.25) is 9.69 Å². The lowest BCUT2D eigenvalue weighted by Gasteiger charge is -2.35. The van der Waals surface area contributed by atoms with E-state index in [1.807, 2.05) is 6.07 Å². The number of nitrogens with zero attached hydrogens (tertiary/aromatic N) is 3. The maximum atomic E-state index is 12.5. The third kappa shape index (κ3) is 6.22. The molecule has 0 unspecified atom stereocenters. The van der Waals surface area contributed by atoms with Crippen LogP contribution in [0.1, 0.15) is 68.7 Å². The zero-order chi connectivity index (χ0) is 26.6. The smallest absolute Gasteiger partial charge is 0.321 e. The van der Waals surface area contributed by atoms with Crippen molar-refractivity contribution in [2.75, 3.05) is 32.7 Å². The van der Waals surface area contributed by atoms with Crippen molar-refractivity contribution >= 4 is 17.0 Å². The number of likely N-dealkylation sites (tertiary alicyclic amines) is 2. The summed E-state index contributed by atoms with van der Waals surface area (Å²) in [7, 11) is 0. The Morgan fingerprint density at radius 3 is 2.44 bits per heavy atom. The molecule has 39 heavy (non-hydrogen) atoms. The van der Waals surface area contributed by atoms with Crippen LogP contribution in [0.3, 0.4) is 0 Å². The van der Waals surface area contributed by atoms with Crippen molar-refractivity contribution in [3.05, 3.63) is 66.0 Å². The van der Waals surface area contributed by atoms with Gasteiger partial charge >= 0.3 is 5.97 Å². The molecule has 2 saturated heterocycles. The van der Waals surface area contributed by atoms with Crippen molar-refractivity contribution in [1.82, 2.24) is 19.8 Å². The van der Waals surface area contributed by atoms with E-state index >= 15 is 0 Å². The van der Waals surface area contributed by atoms with Gasteiger partial charge in [0.1, 0.15) is 11.9 Å². The number of aromatic amines is 1. The Hall–Kier alpha value is -2.70. The van der Waals surface area contributed by atoms with Crippen molar-refractivity contribution in [2.24, 2.45) is 17.8 Å². The van der Waals surface area contributed by atoms with E-state index in [1.165, 1.54) is 44.1 Å². The molecule has 3 aromatic rings. The molecule has 6 nitrogen and oxygen atoms in total.